The lowest BCUT2D eigenvalue weighted by molar-refractivity contribution is 0.828. The van der Waals surface area contributed by atoms with E-state index in [0.717, 1.165) is 46.3 Å². The lowest BCUT2D eigenvalue weighted by atomic mass is 10.1. The maximum Gasteiger partial charge on any atom is 0.0761 e. The number of rotatable bonds is 5. The molecule has 0 saturated carbocycles. The Morgan fingerprint density at radius 1 is 1.20 bits per heavy atom. The van der Waals surface area contributed by atoms with Crippen LogP contribution in [-0.4, -0.2) is 9.97 Å². The molecule has 1 aromatic carbocycles. The average Bonchev–Trinajstić information content (AvgIpc) is 2.66. The second-order valence-corrected chi connectivity index (χ2v) is 5.78. The summed E-state index contributed by atoms with van der Waals surface area (Å²) in [6.45, 7) is 5.93. The van der Waals surface area contributed by atoms with Crippen molar-refractivity contribution in [1.29, 1.82) is 0 Å². The molecule has 0 atom stereocenters. The molecule has 2 heterocycles. The number of unbranched alkanes of at least 4 members (excludes halogenated alkanes) is 2. The zero-order valence-corrected chi connectivity index (χ0v) is 14.4. The molecule has 0 aliphatic rings. The van der Waals surface area contributed by atoms with Crippen LogP contribution in [0.4, 0.5) is 5.69 Å². The van der Waals surface area contributed by atoms with E-state index in [1.807, 2.05) is 30.5 Å². The van der Waals surface area contributed by atoms with Gasteiger partial charge in [0, 0.05) is 35.3 Å². The first-order chi connectivity index (χ1) is 12.3. The average molecular weight is 327 g/mol. The van der Waals surface area contributed by atoms with E-state index < -0.39 is 0 Å². The first-order valence-electron chi connectivity index (χ1n) is 8.53. The zero-order valence-electron chi connectivity index (χ0n) is 14.4. The van der Waals surface area contributed by atoms with Gasteiger partial charge in [0.05, 0.1) is 16.9 Å². The van der Waals surface area contributed by atoms with Crippen molar-refractivity contribution in [3.05, 3.63) is 67.1 Å². The van der Waals surface area contributed by atoms with E-state index in [1.165, 1.54) is 6.42 Å². The zero-order chi connectivity index (χ0) is 17.5. The Hall–Kier alpha value is -3.12. The molecule has 2 aromatic heterocycles. The van der Waals surface area contributed by atoms with Crippen LogP contribution >= 0.6 is 0 Å². The van der Waals surface area contributed by atoms with Crippen LogP contribution in [0.2, 0.25) is 0 Å². The van der Waals surface area contributed by atoms with E-state index in [0.29, 0.717) is 0 Å². The number of nitrogens with one attached hydrogen (secondary N) is 1. The molecule has 0 spiro atoms. The molecule has 0 fully saturated rings. The molecule has 3 heteroatoms. The van der Waals surface area contributed by atoms with Crippen molar-refractivity contribution in [2.24, 2.45) is 0 Å². The van der Waals surface area contributed by atoms with Crippen molar-refractivity contribution in [3.8, 4) is 23.1 Å². The van der Waals surface area contributed by atoms with Crippen LogP contribution in [-0.2, 0) is 0 Å². The molecule has 3 rings (SSSR count). The smallest absolute Gasteiger partial charge is 0.0761 e. The van der Waals surface area contributed by atoms with E-state index in [1.54, 1.807) is 12.4 Å². The predicted octanol–water partition coefficient (Wildman–Crippen LogP) is 5.39. The van der Waals surface area contributed by atoms with Crippen LogP contribution in [0.5, 0.6) is 0 Å². The Morgan fingerprint density at radius 3 is 2.80 bits per heavy atom. The summed E-state index contributed by atoms with van der Waals surface area (Å²) in [7, 11) is 0. The third-order valence-electron chi connectivity index (χ3n) is 3.94. The number of hydrogen-bond donors (Lipinski definition) is 1. The summed E-state index contributed by atoms with van der Waals surface area (Å²) < 4.78 is 0. The Bertz CT molecular complexity index is 931. The number of nitrogens with zero attached hydrogens (tertiary/aromatic N) is 2. The number of fused-ring (bicyclic) bond motifs is 1. The van der Waals surface area contributed by atoms with Gasteiger partial charge in [0.1, 0.15) is 0 Å². The van der Waals surface area contributed by atoms with Crippen LogP contribution in [0.3, 0.4) is 0 Å². The second-order valence-electron chi connectivity index (χ2n) is 5.78. The summed E-state index contributed by atoms with van der Waals surface area (Å²) in [5, 5.41) is 4.15. The van der Waals surface area contributed by atoms with E-state index in [9.17, 15) is 0 Å². The molecule has 3 aromatic rings. The molecular formula is C22H21N3. The third kappa shape index (κ3) is 4.05. The highest BCUT2D eigenvalue weighted by Gasteiger charge is 2.07. The van der Waals surface area contributed by atoms with Crippen LogP contribution in [0.15, 0.2) is 61.6 Å². The van der Waals surface area contributed by atoms with E-state index in [2.05, 4.69) is 47.8 Å². The molecule has 0 radical (unpaired) electrons. The van der Waals surface area contributed by atoms with Gasteiger partial charge in [-0.1, -0.05) is 43.9 Å². The van der Waals surface area contributed by atoms with Gasteiger partial charge in [-0.3, -0.25) is 4.98 Å². The van der Waals surface area contributed by atoms with Crippen molar-refractivity contribution in [3.63, 3.8) is 0 Å². The Kier molecular flexibility index (Phi) is 5.43. The van der Waals surface area contributed by atoms with Crippen LogP contribution < -0.4 is 5.32 Å². The SMILES string of the molecule is C=CNc1cc(-c2ccc(C#CCCCC)cc2)nc2ccncc12. The van der Waals surface area contributed by atoms with E-state index in [-0.39, 0.29) is 0 Å². The fourth-order valence-electron chi connectivity index (χ4n) is 2.60. The largest absolute Gasteiger partial charge is 0.362 e. The summed E-state index contributed by atoms with van der Waals surface area (Å²) in [5.41, 5.74) is 4.86. The van der Waals surface area contributed by atoms with Gasteiger partial charge in [-0.05, 0) is 36.9 Å². The monoisotopic (exact) mass is 327 g/mol. The standard InChI is InChI=1S/C22H21N3/c1-3-5-6-7-8-17-9-11-18(12-10-17)21-15-22(24-4-2)19-16-23-14-13-20(19)25-21/h4,9-16H,2-3,5-6H2,1H3,(H,24,25). The Balaban J connectivity index is 1.93. The highest BCUT2D eigenvalue weighted by atomic mass is 14.9. The lowest BCUT2D eigenvalue weighted by Crippen LogP contribution is -1.93. The molecular weight excluding hydrogens is 306 g/mol. The molecule has 1 N–H and O–H groups in total. The topological polar surface area (TPSA) is 37.8 Å². The molecule has 0 unspecified atom stereocenters. The van der Waals surface area contributed by atoms with Crippen molar-refractivity contribution in [1.82, 2.24) is 9.97 Å². The van der Waals surface area contributed by atoms with E-state index >= 15 is 0 Å². The Morgan fingerprint density at radius 2 is 2.04 bits per heavy atom. The predicted molar refractivity (Wildman–Crippen MR) is 105 cm³/mol. The normalized spacial score (nSPS) is 10.1. The van der Waals surface area contributed by atoms with Crippen LogP contribution in [0.25, 0.3) is 22.2 Å². The van der Waals surface area contributed by atoms with Gasteiger partial charge in [-0.25, -0.2) is 4.98 Å². The number of pyridine rings is 2. The van der Waals surface area contributed by atoms with Gasteiger partial charge < -0.3 is 5.32 Å². The summed E-state index contributed by atoms with van der Waals surface area (Å²) in [4.78, 5) is 8.94. The highest BCUT2D eigenvalue weighted by Crippen LogP contribution is 2.27. The molecule has 0 saturated heterocycles. The summed E-state index contributed by atoms with van der Waals surface area (Å²) in [6.07, 6.45) is 8.52. The van der Waals surface area contributed by atoms with Gasteiger partial charge in [0.2, 0.25) is 0 Å². The van der Waals surface area contributed by atoms with Crippen molar-refractivity contribution >= 4 is 16.6 Å². The lowest BCUT2D eigenvalue weighted by Gasteiger charge is -2.09. The van der Waals surface area contributed by atoms with Gasteiger partial charge in [-0.15, -0.1) is 0 Å². The molecule has 3 nitrogen and oxygen atoms in total. The molecule has 0 aliphatic carbocycles. The minimum Gasteiger partial charge on any atom is -0.362 e. The summed E-state index contributed by atoms with van der Waals surface area (Å²) in [5.74, 6) is 6.43. The quantitative estimate of drug-likeness (QED) is 0.504. The highest BCUT2D eigenvalue weighted by molar-refractivity contribution is 5.93. The van der Waals surface area contributed by atoms with Gasteiger partial charge in [-0.2, -0.15) is 0 Å². The van der Waals surface area contributed by atoms with Crippen molar-refractivity contribution in [2.75, 3.05) is 5.32 Å². The molecule has 0 bridgehead atoms. The summed E-state index contributed by atoms with van der Waals surface area (Å²) in [6, 6.07) is 12.2. The Labute approximate surface area is 148 Å². The third-order valence-corrected chi connectivity index (χ3v) is 3.94. The minimum atomic E-state index is 0.903. The van der Waals surface area contributed by atoms with Crippen molar-refractivity contribution < 1.29 is 0 Å². The molecule has 25 heavy (non-hydrogen) atoms. The fraction of sp³-hybridized carbons (Fsp3) is 0.182. The van der Waals surface area contributed by atoms with Gasteiger partial charge >= 0.3 is 0 Å². The number of anilines is 1. The van der Waals surface area contributed by atoms with Crippen LogP contribution in [0.1, 0.15) is 31.7 Å². The maximum atomic E-state index is 4.75. The molecule has 124 valence electrons. The van der Waals surface area contributed by atoms with E-state index in [4.69, 9.17) is 4.98 Å². The minimum absolute atomic E-state index is 0.903. The van der Waals surface area contributed by atoms with Crippen LogP contribution in [0, 0.1) is 11.8 Å². The fourth-order valence-corrected chi connectivity index (χ4v) is 2.60. The summed E-state index contributed by atoms with van der Waals surface area (Å²) >= 11 is 0. The van der Waals surface area contributed by atoms with Gasteiger partial charge in [0.15, 0.2) is 0 Å². The first kappa shape index (κ1) is 16.7. The van der Waals surface area contributed by atoms with Gasteiger partial charge in [0.25, 0.3) is 0 Å². The number of aromatic nitrogens is 2. The first-order valence-corrected chi connectivity index (χ1v) is 8.53. The number of benzene rings is 1. The maximum absolute atomic E-state index is 4.75. The molecule has 0 amide bonds. The molecule has 0 aliphatic heterocycles. The number of hydrogen-bond acceptors (Lipinski definition) is 3. The second kappa shape index (κ2) is 8.12. The van der Waals surface area contributed by atoms with Crippen molar-refractivity contribution in [2.45, 2.75) is 26.2 Å².